The lowest BCUT2D eigenvalue weighted by molar-refractivity contribution is -0.120. The first-order valence-electron chi connectivity index (χ1n) is 8.63. The van der Waals surface area contributed by atoms with Crippen molar-refractivity contribution in [1.82, 2.24) is 4.57 Å². The summed E-state index contributed by atoms with van der Waals surface area (Å²) in [6.45, 7) is 6.42. The summed E-state index contributed by atoms with van der Waals surface area (Å²) in [6, 6.07) is 9.81. The summed E-state index contributed by atoms with van der Waals surface area (Å²) in [6.07, 6.45) is 3.48. The molecule has 2 rings (SSSR count). The third kappa shape index (κ3) is 4.37. The third-order valence-corrected chi connectivity index (χ3v) is 4.29. The van der Waals surface area contributed by atoms with E-state index in [1.807, 2.05) is 19.1 Å². The number of anilines is 1. The predicted molar refractivity (Wildman–Crippen MR) is 99.6 cm³/mol. The van der Waals surface area contributed by atoms with E-state index >= 15 is 0 Å². The van der Waals surface area contributed by atoms with Crippen LogP contribution in [0.1, 0.15) is 30.5 Å². The average molecular weight is 341 g/mol. The highest BCUT2D eigenvalue weighted by atomic mass is 16.5. The number of pyridine rings is 1. The maximum Gasteiger partial charge on any atom is 0.248 e. The summed E-state index contributed by atoms with van der Waals surface area (Å²) in [5, 5.41) is 8.07. The summed E-state index contributed by atoms with van der Waals surface area (Å²) in [4.78, 5) is 14.7. The zero-order valence-electron chi connectivity index (χ0n) is 15.5. The molecular weight excluding hydrogens is 314 g/mol. The molecule has 1 aromatic carbocycles. The standard InChI is InChI=1S/C20H27N3O2/c1-5-16-8-7-9-17(6-2)20(16)23(14-25-4)19(24)13-22-11-10-15(3)12-18(22)21/h7-12,21H,5-6,13-14H2,1-4H3. The maximum atomic E-state index is 13.0. The summed E-state index contributed by atoms with van der Waals surface area (Å²) < 4.78 is 6.97. The van der Waals surface area contributed by atoms with Gasteiger partial charge in [0.2, 0.25) is 5.91 Å². The number of para-hydroxylation sites is 1. The molecule has 0 saturated carbocycles. The molecule has 0 saturated heterocycles. The molecule has 5 nitrogen and oxygen atoms in total. The van der Waals surface area contributed by atoms with Gasteiger partial charge in [0.1, 0.15) is 18.8 Å². The lowest BCUT2D eigenvalue weighted by Crippen LogP contribution is -2.38. The molecule has 0 bridgehead atoms. The molecule has 1 heterocycles. The van der Waals surface area contributed by atoms with Gasteiger partial charge in [0.05, 0.1) is 5.69 Å². The minimum Gasteiger partial charge on any atom is -0.364 e. The molecule has 0 atom stereocenters. The van der Waals surface area contributed by atoms with E-state index in [4.69, 9.17) is 10.1 Å². The lowest BCUT2D eigenvalue weighted by Gasteiger charge is -2.27. The van der Waals surface area contributed by atoms with Crippen LogP contribution in [0.25, 0.3) is 0 Å². The molecule has 2 aromatic rings. The molecule has 0 radical (unpaired) electrons. The third-order valence-electron chi connectivity index (χ3n) is 4.29. The number of methoxy groups -OCH3 is 1. The Morgan fingerprint density at radius 1 is 1.20 bits per heavy atom. The number of ether oxygens (including phenoxy) is 1. The summed E-state index contributed by atoms with van der Waals surface area (Å²) in [7, 11) is 1.59. The first-order valence-corrected chi connectivity index (χ1v) is 8.63. The van der Waals surface area contributed by atoms with Gasteiger partial charge in [-0.2, -0.15) is 0 Å². The number of rotatable bonds is 7. The van der Waals surface area contributed by atoms with E-state index in [-0.39, 0.29) is 19.2 Å². The first-order chi connectivity index (χ1) is 12.0. The van der Waals surface area contributed by atoms with E-state index in [0.717, 1.165) is 35.2 Å². The number of aromatic nitrogens is 1. The molecule has 0 unspecified atom stereocenters. The number of carbonyl (C=O) groups excluding carboxylic acids is 1. The number of nitrogens with zero attached hydrogens (tertiary/aromatic N) is 2. The Morgan fingerprint density at radius 2 is 1.84 bits per heavy atom. The minimum absolute atomic E-state index is 0.0835. The molecule has 0 aliphatic heterocycles. The van der Waals surface area contributed by atoms with Gasteiger partial charge in [-0.1, -0.05) is 32.0 Å². The molecule has 1 amide bonds. The van der Waals surface area contributed by atoms with E-state index in [1.165, 1.54) is 0 Å². The fourth-order valence-corrected chi connectivity index (χ4v) is 2.96. The summed E-state index contributed by atoms with van der Waals surface area (Å²) in [5.74, 6) is -0.0835. The van der Waals surface area contributed by atoms with Crippen molar-refractivity contribution in [2.75, 3.05) is 18.7 Å². The van der Waals surface area contributed by atoms with E-state index in [0.29, 0.717) is 5.49 Å². The predicted octanol–water partition coefficient (Wildman–Crippen LogP) is 3.04. The topological polar surface area (TPSA) is 58.3 Å². The van der Waals surface area contributed by atoms with Crippen LogP contribution in [0.2, 0.25) is 0 Å². The van der Waals surface area contributed by atoms with Crippen LogP contribution in [-0.4, -0.2) is 24.3 Å². The molecule has 134 valence electrons. The van der Waals surface area contributed by atoms with Gasteiger partial charge >= 0.3 is 0 Å². The Bertz CT molecular complexity index is 774. The quantitative estimate of drug-likeness (QED) is 0.787. The van der Waals surface area contributed by atoms with Crippen molar-refractivity contribution in [2.45, 2.75) is 40.2 Å². The zero-order valence-corrected chi connectivity index (χ0v) is 15.5. The van der Waals surface area contributed by atoms with Crippen LogP contribution in [0.5, 0.6) is 0 Å². The maximum absolute atomic E-state index is 13.0. The minimum atomic E-state index is -0.0835. The molecule has 0 fully saturated rings. The highest BCUT2D eigenvalue weighted by Gasteiger charge is 2.21. The average Bonchev–Trinajstić information content (AvgIpc) is 2.61. The van der Waals surface area contributed by atoms with Gasteiger partial charge in [0, 0.05) is 13.3 Å². The highest BCUT2D eigenvalue weighted by molar-refractivity contribution is 5.94. The second kappa shape index (κ2) is 8.62. The van der Waals surface area contributed by atoms with Crippen LogP contribution >= 0.6 is 0 Å². The molecule has 0 aliphatic rings. The van der Waals surface area contributed by atoms with Crippen LogP contribution < -0.4 is 10.4 Å². The SMILES string of the molecule is CCc1cccc(CC)c1N(COC)C(=O)Cn1ccc(C)cc1=N. The van der Waals surface area contributed by atoms with Gasteiger partial charge in [0.15, 0.2) is 0 Å². The van der Waals surface area contributed by atoms with Crippen molar-refractivity contribution in [3.8, 4) is 0 Å². The number of amides is 1. The van der Waals surface area contributed by atoms with E-state index in [1.54, 1.807) is 28.8 Å². The molecule has 0 spiro atoms. The Hall–Kier alpha value is -2.40. The molecule has 1 N–H and O–H groups in total. The van der Waals surface area contributed by atoms with Gasteiger partial charge in [-0.15, -0.1) is 0 Å². The van der Waals surface area contributed by atoms with Crippen LogP contribution in [-0.2, 0) is 28.9 Å². The van der Waals surface area contributed by atoms with Crippen molar-refractivity contribution in [2.24, 2.45) is 0 Å². The summed E-state index contributed by atoms with van der Waals surface area (Å²) in [5.41, 5.74) is 4.53. The van der Waals surface area contributed by atoms with Gasteiger partial charge in [-0.3, -0.25) is 15.1 Å². The van der Waals surface area contributed by atoms with Crippen molar-refractivity contribution >= 4 is 11.6 Å². The zero-order chi connectivity index (χ0) is 18.4. The molecule has 5 heteroatoms. The van der Waals surface area contributed by atoms with Crippen molar-refractivity contribution in [3.05, 3.63) is 58.7 Å². The number of hydrogen-bond donors (Lipinski definition) is 1. The van der Waals surface area contributed by atoms with Gasteiger partial charge in [-0.25, -0.2) is 0 Å². The highest BCUT2D eigenvalue weighted by Crippen LogP contribution is 2.27. The largest absolute Gasteiger partial charge is 0.364 e. The lowest BCUT2D eigenvalue weighted by atomic mass is 10.0. The van der Waals surface area contributed by atoms with Crippen LogP contribution in [0, 0.1) is 12.3 Å². The number of carbonyl (C=O) groups is 1. The Kier molecular flexibility index (Phi) is 6.53. The Labute approximate surface area is 149 Å². The first kappa shape index (κ1) is 18.9. The molecular formula is C20H27N3O2. The van der Waals surface area contributed by atoms with Crippen LogP contribution in [0.4, 0.5) is 5.69 Å². The normalized spacial score (nSPS) is 10.7. The number of nitrogens with one attached hydrogen (secondary N) is 1. The van der Waals surface area contributed by atoms with Gasteiger partial charge in [-0.05, 0) is 48.6 Å². The summed E-state index contributed by atoms with van der Waals surface area (Å²) >= 11 is 0. The van der Waals surface area contributed by atoms with E-state index in [2.05, 4.69) is 26.0 Å². The van der Waals surface area contributed by atoms with Crippen molar-refractivity contribution in [3.63, 3.8) is 0 Å². The van der Waals surface area contributed by atoms with E-state index in [9.17, 15) is 4.79 Å². The van der Waals surface area contributed by atoms with Crippen molar-refractivity contribution < 1.29 is 9.53 Å². The number of aryl methyl sites for hydroxylation is 3. The molecule has 1 aromatic heterocycles. The van der Waals surface area contributed by atoms with Crippen molar-refractivity contribution in [1.29, 1.82) is 5.41 Å². The van der Waals surface area contributed by atoms with Crippen LogP contribution in [0.3, 0.4) is 0 Å². The monoisotopic (exact) mass is 341 g/mol. The van der Waals surface area contributed by atoms with Crippen LogP contribution in [0.15, 0.2) is 36.5 Å². The molecule has 25 heavy (non-hydrogen) atoms. The second-order valence-electron chi connectivity index (χ2n) is 6.09. The smallest absolute Gasteiger partial charge is 0.248 e. The number of hydrogen-bond acceptors (Lipinski definition) is 3. The fourth-order valence-electron chi connectivity index (χ4n) is 2.96. The van der Waals surface area contributed by atoms with Gasteiger partial charge < -0.3 is 9.30 Å². The second-order valence-corrected chi connectivity index (χ2v) is 6.09. The molecule has 0 aliphatic carbocycles. The fraction of sp³-hybridized carbons (Fsp3) is 0.400. The number of benzene rings is 1. The van der Waals surface area contributed by atoms with E-state index < -0.39 is 0 Å². The van der Waals surface area contributed by atoms with Gasteiger partial charge in [0.25, 0.3) is 0 Å². The Morgan fingerprint density at radius 3 is 2.36 bits per heavy atom. The Balaban J connectivity index is 2.41.